The molecule has 0 fully saturated rings. The van der Waals surface area contributed by atoms with Gasteiger partial charge in [-0.2, -0.15) is 0 Å². The van der Waals surface area contributed by atoms with E-state index in [2.05, 4.69) is 42.8 Å². The van der Waals surface area contributed by atoms with Gasteiger partial charge in [0.25, 0.3) is 10.3 Å². The van der Waals surface area contributed by atoms with E-state index in [4.69, 9.17) is 0 Å². The maximum absolute atomic E-state index is 2.24. The van der Waals surface area contributed by atoms with Gasteiger partial charge in [-0.3, -0.25) is 0 Å². The van der Waals surface area contributed by atoms with Crippen LogP contribution in [-0.4, -0.2) is 6.26 Å². The average molecular weight is 366 g/mol. The molecule has 4 heteroatoms. The summed E-state index contributed by atoms with van der Waals surface area (Å²) >= 11 is 1.83. The smallest absolute Gasteiger partial charge is 0.293 e. The van der Waals surface area contributed by atoms with Crippen molar-refractivity contribution in [2.75, 3.05) is 6.26 Å². The Morgan fingerprint density at radius 3 is 2.47 bits per heavy atom. The maximum atomic E-state index is 2.24. The molecule has 0 atom stereocenters. The molecule has 0 nitrogen and oxygen atoms in total. The van der Waals surface area contributed by atoms with Gasteiger partial charge < -0.3 is 24.0 Å². The van der Waals surface area contributed by atoms with Crippen LogP contribution in [0.4, 0.5) is 0 Å². The number of hydrogen-bond acceptors (Lipinski definition) is 2. The fraction of sp³-hybridized carbons (Fsp3) is 0.182. The third-order valence-electron chi connectivity index (χ3n) is 2.06. The summed E-state index contributed by atoms with van der Waals surface area (Å²) in [4.78, 5) is 0. The molecule has 0 aliphatic rings. The van der Waals surface area contributed by atoms with Crippen molar-refractivity contribution in [2.24, 2.45) is 0 Å². The molecule has 0 unspecified atom stereocenters. The number of aryl methyl sites for hydroxylation is 1. The fourth-order valence-corrected chi connectivity index (χ4v) is 4.77. The van der Waals surface area contributed by atoms with Crippen LogP contribution in [0.2, 0.25) is 0 Å². The fourth-order valence-electron chi connectivity index (χ4n) is 1.27. The molecule has 0 aliphatic heterocycles. The van der Waals surface area contributed by atoms with E-state index in [1.165, 1.54) is 20.9 Å². The van der Waals surface area contributed by atoms with Crippen molar-refractivity contribution < 1.29 is 24.0 Å². The maximum Gasteiger partial charge on any atom is 0.293 e. The van der Waals surface area contributed by atoms with Crippen LogP contribution in [0.3, 0.4) is 0 Å². The SMILES string of the molecule is CSc1s[s+]cc1-c1ccc(C)cc1.[I-]. The second kappa shape index (κ2) is 6.18. The van der Waals surface area contributed by atoms with Gasteiger partial charge in [0.1, 0.15) is 4.21 Å². The predicted molar refractivity (Wildman–Crippen MR) is 68.6 cm³/mol. The molecule has 80 valence electrons. The zero-order valence-electron chi connectivity index (χ0n) is 8.49. The molecule has 0 radical (unpaired) electrons. The van der Waals surface area contributed by atoms with E-state index in [0.717, 1.165) is 0 Å². The summed E-state index contributed by atoms with van der Waals surface area (Å²) in [6.07, 6.45) is 2.14. The lowest BCUT2D eigenvalue weighted by molar-refractivity contribution is -0.00000271. The zero-order chi connectivity index (χ0) is 9.97. The van der Waals surface area contributed by atoms with E-state index in [9.17, 15) is 0 Å². The first-order valence-electron chi connectivity index (χ1n) is 4.33. The van der Waals surface area contributed by atoms with E-state index in [-0.39, 0.29) is 24.0 Å². The van der Waals surface area contributed by atoms with Crippen LogP contribution in [0.1, 0.15) is 5.56 Å². The molecule has 0 amide bonds. The van der Waals surface area contributed by atoms with Crippen molar-refractivity contribution in [3.05, 3.63) is 35.2 Å². The van der Waals surface area contributed by atoms with Crippen molar-refractivity contribution in [3.63, 3.8) is 0 Å². The Morgan fingerprint density at radius 2 is 1.87 bits per heavy atom. The van der Waals surface area contributed by atoms with Crippen LogP contribution in [0.25, 0.3) is 11.1 Å². The number of rotatable bonds is 2. The standard InChI is InChI=1S/C11H11S3.HI/c1-8-3-5-9(6-4-8)10-7-13-14-11(10)12-2;/h3-7H,1-2H3;1H/q+1;/p-1. The summed E-state index contributed by atoms with van der Waals surface area (Å²) in [7, 11) is 3.66. The van der Waals surface area contributed by atoms with Gasteiger partial charge in [0.2, 0.25) is 5.38 Å². The first-order valence-corrected chi connectivity index (χ1v) is 7.77. The molecule has 1 aromatic heterocycles. The van der Waals surface area contributed by atoms with Crippen molar-refractivity contribution in [3.8, 4) is 11.1 Å². The van der Waals surface area contributed by atoms with Gasteiger partial charge in [0.15, 0.2) is 10.3 Å². The van der Waals surface area contributed by atoms with Gasteiger partial charge in [0.05, 0.1) is 5.56 Å². The Labute approximate surface area is 119 Å². The number of hydrogen-bond donors (Lipinski definition) is 0. The van der Waals surface area contributed by atoms with E-state index in [1.54, 1.807) is 0 Å². The first-order chi connectivity index (χ1) is 6.81. The molecule has 1 aromatic carbocycles. The van der Waals surface area contributed by atoms with E-state index < -0.39 is 0 Å². The highest BCUT2D eigenvalue weighted by atomic mass is 127. The molecule has 0 saturated heterocycles. The highest BCUT2D eigenvalue weighted by molar-refractivity contribution is 8.02. The van der Waals surface area contributed by atoms with E-state index in [0.29, 0.717) is 0 Å². The minimum atomic E-state index is 0. The second-order valence-electron chi connectivity index (χ2n) is 3.07. The number of thioether (sulfide) groups is 1. The summed E-state index contributed by atoms with van der Waals surface area (Å²) < 4.78 is 1.42. The van der Waals surface area contributed by atoms with Crippen molar-refractivity contribution in [1.29, 1.82) is 0 Å². The molecule has 2 rings (SSSR count). The second-order valence-corrected chi connectivity index (χ2v) is 6.22. The van der Waals surface area contributed by atoms with Crippen LogP contribution in [0.15, 0.2) is 33.9 Å². The summed E-state index contributed by atoms with van der Waals surface area (Å²) in [6.45, 7) is 2.12. The first kappa shape index (κ1) is 13.4. The monoisotopic (exact) mass is 366 g/mol. The van der Waals surface area contributed by atoms with Crippen LogP contribution in [0.5, 0.6) is 0 Å². The van der Waals surface area contributed by atoms with Crippen LogP contribution in [-0.2, 0) is 0 Å². The molecule has 1 heterocycles. The van der Waals surface area contributed by atoms with E-state index >= 15 is 0 Å². The van der Waals surface area contributed by atoms with Gasteiger partial charge in [0, 0.05) is 0 Å². The summed E-state index contributed by atoms with van der Waals surface area (Å²) in [5, 5.41) is 2.24. The molecule has 0 N–H and O–H groups in total. The molecule has 0 aliphatic carbocycles. The Balaban J connectivity index is 0.00000112. The lowest BCUT2D eigenvalue weighted by atomic mass is 10.1. The Hall–Kier alpha value is 0.350. The van der Waals surface area contributed by atoms with Crippen molar-refractivity contribution in [2.45, 2.75) is 11.1 Å². The highest BCUT2D eigenvalue weighted by Crippen LogP contribution is 2.37. The molecular weight excluding hydrogens is 355 g/mol. The predicted octanol–water partition coefficient (Wildman–Crippen LogP) is 1.79. The summed E-state index contributed by atoms with van der Waals surface area (Å²) in [6, 6.07) is 8.73. The van der Waals surface area contributed by atoms with Crippen molar-refractivity contribution >= 4 is 32.4 Å². The van der Waals surface area contributed by atoms with Gasteiger partial charge in [-0.15, -0.1) is 11.8 Å². The number of benzene rings is 1. The van der Waals surface area contributed by atoms with Gasteiger partial charge in [-0.25, -0.2) is 0 Å². The molecular formula is C11H11IS3. The van der Waals surface area contributed by atoms with Crippen LogP contribution < -0.4 is 24.0 Å². The third-order valence-corrected chi connectivity index (χ3v) is 5.59. The van der Waals surface area contributed by atoms with Crippen molar-refractivity contribution in [1.82, 2.24) is 0 Å². The lowest BCUT2D eigenvalue weighted by Crippen LogP contribution is -3.00. The largest absolute Gasteiger partial charge is 1.00 e. The molecule has 15 heavy (non-hydrogen) atoms. The molecule has 0 bridgehead atoms. The van der Waals surface area contributed by atoms with E-state index in [1.807, 2.05) is 32.4 Å². The minimum absolute atomic E-state index is 0. The Kier molecular flexibility index (Phi) is 5.52. The molecule has 0 spiro atoms. The molecule has 0 saturated carbocycles. The normalized spacial score (nSPS) is 9.73. The number of halogens is 1. The van der Waals surface area contributed by atoms with Gasteiger partial charge in [-0.1, -0.05) is 29.8 Å². The van der Waals surface area contributed by atoms with Crippen LogP contribution >= 0.6 is 32.4 Å². The highest BCUT2D eigenvalue weighted by Gasteiger charge is 2.13. The van der Waals surface area contributed by atoms with Gasteiger partial charge >= 0.3 is 0 Å². The minimum Gasteiger partial charge on any atom is -1.00 e. The molecule has 2 aromatic rings. The lowest BCUT2D eigenvalue weighted by Gasteiger charge is -1.98. The van der Waals surface area contributed by atoms with Crippen LogP contribution in [0, 0.1) is 6.92 Å². The van der Waals surface area contributed by atoms with Gasteiger partial charge in [-0.05, 0) is 18.7 Å². The third kappa shape index (κ3) is 3.15. The topological polar surface area (TPSA) is 0 Å². The quantitative estimate of drug-likeness (QED) is 0.338. The summed E-state index contributed by atoms with van der Waals surface area (Å²) in [5.74, 6) is 0. The zero-order valence-corrected chi connectivity index (χ0v) is 13.1. The Morgan fingerprint density at radius 1 is 1.20 bits per heavy atom. The Bertz CT molecular complexity index is 420. The average Bonchev–Trinajstić information content (AvgIpc) is 2.67. The summed E-state index contributed by atoms with van der Waals surface area (Å²) in [5.41, 5.74) is 4.03.